The average Bonchev–Trinajstić information content (AvgIpc) is 3.20. The smallest absolute Gasteiger partial charge is 0.283 e. The Hall–Kier alpha value is -3.96. The fourth-order valence-electron chi connectivity index (χ4n) is 3.13. The number of nitrogens with zero attached hydrogens (tertiary/aromatic N) is 10. The van der Waals surface area contributed by atoms with Crippen molar-refractivity contribution >= 4 is 54.8 Å². The van der Waals surface area contributed by atoms with E-state index in [2.05, 4.69) is 51.2 Å². The van der Waals surface area contributed by atoms with Gasteiger partial charge in [0.05, 0.1) is 5.39 Å². The fraction of sp³-hybridized carbons (Fsp3) is 0. The maximum absolute atomic E-state index is 12.2. The third kappa shape index (κ3) is 1.07. The first-order chi connectivity index (χ1) is 11.8. The Morgan fingerprint density at radius 3 is 1.54 bits per heavy atom. The minimum atomic E-state index is -0.886. The Labute approximate surface area is 127 Å². The average molecular weight is 316 g/mol. The topological polar surface area (TPSA) is 163 Å². The lowest BCUT2D eigenvalue weighted by Crippen LogP contribution is -2.19. The van der Waals surface area contributed by atoms with Crippen molar-refractivity contribution in [1.82, 2.24) is 51.2 Å². The minimum Gasteiger partial charge on any atom is -0.283 e. The summed E-state index contributed by atoms with van der Waals surface area (Å²) < 4.78 is 0. The van der Waals surface area contributed by atoms with Crippen LogP contribution in [0.15, 0.2) is 9.59 Å². The van der Waals surface area contributed by atoms with Gasteiger partial charge in [-0.25, -0.2) is 4.98 Å². The van der Waals surface area contributed by atoms with E-state index in [0.29, 0.717) is 32.8 Å². The highest BCUT2D eigenvalue weighted by Gasteiger charge is 2.26. The van der Waals surface area contributed by atoms with E-state index >= 15 is 0 Å². The molecule has 0 aliphatic heterocycles. The molecule has 0 spiro atoms. The molecular formula is C12N10O2. The van der Waals surface area contributed by atoms with E-state index in [1.165, 1.54) is 0 Å². The third-order valence-corrected chi connectivity index (χ3v) is 4.07. The highest BCUT2D eigenvalue weighted by Crippen LogP contribution is 2.38. The van der Waals surface area contributed by atoms with Crippen LogP contribution in [0.5, 0.6) is 0 Å². The highest BCUT2D eigenvalue weighted by molar-refractivity contribution is 6.35. The Bertz CT molecular complexity index is 1550. The van der Waals surface area contributed by atoms with E-state index in [4.69, 9.17) is 0 Å². The SMILES string of the molecule is O=c1nc2c3nnnc4c5nnnc5c5nnnc(c2c1=O)c5c43. The Kier molecular flexibility index (Phi) is 1.69. The molecule has 6 rings (SSSR count). The molecule has 0 aliphatic rings. The zero-order valence-corrected chi connectivity index (χ0v) is 11.3. The van der Waals surface area contributed by atoms with Crippen molar-refractivity contribution < 1.29 is 0 Å². The quantitative estimate of drug-likeness (QED) is 0.234. The van der Waals surface area contributed by atoms with Gasteiger partial charge in [0.25, 0.3) is 5.43 Å². The summed E-state index contributed by atoms with van der Waals surface area (Å²) in [6, 6.07) is 0. The van der Waals surface area contributed by atoms with Crippen LogP contribution in [0, 0.1) is 0 Å². The van der Waals surface area contributed by atoms with Crippen LogP contribution < -0.4 is 11.0 Å². The summed E-state index contributed by atoms with van der Waals surface area (Å²) in [5.41, 5.74) is 0.375. The summed E-state index contributed by atoms with van der Waals surface area (Å²) in [4.78, 5) is 27.8. The van der Waals surface area contributed by atoms with Crippen LogP contribution in [0.2, 0.25) is 0 Å². The van der Waals surface area contributed by atoms with Gasteiger partial charge in [0.1, 0.15) is 38.6 Å². The van der Waals surface area contributed by atoms with Crippen molar-refractivity contribution in [2.24, 2.45) is 0 Å². The minimum absolute atomic E-state index is 0.0426. The van der Waals surface area contributed by atoms with Crippen LogP contribution in [-0.2, 0) is 0 Å². The van der Waals surface area contributed by atoms with Crippen LogP contribution in [0.1, 0.15) is 0 Å². The lowest BCUT2D eigenvalue weighted by Gasteiger charge is -2.07. The summed E-state index contributed by atoms with van der Waals surface area (Å²) in [6.45, 7) is 0. The first-order valence-electron chi connectivity index (χ1n) is 6.65. The van der Waals surface area contributed by atoms with Gasteiger partial charge < -0.3 is 0 Å². The van der Waals surface area contributed by atoms with E-state index in [-0.39, 0.29) is 21.9 Å². The molecule has 6 aromatic rings. The first-order valence-corrected chi connectivity index (χ1v) is 6.65. The molecule has 0 aliphatic carbocycles. The van der Waals surface area contributed by atoms with Crippen molar-refractivity contribution in [3.8, 4) is 0 Å². The number of rotatable bonds is 0. The van der Waals surface area contributed by atoms with Gasteiger partial charge in [-0.2, -0.15) is 0 Å². The Morgan fingerprint density at radius 2 is 0.917 bits per heavy atom. The lowest BCUT2D eigenvalue weighted by molar-refractivity contribution is 0.913. The summed E-state index contributed by atoms with van der Waals surface area (Å²) in [6.07, 6.45) is 0. The molecule has 0 N–H and O–H groups in total. The van der Waals surface area contributed by atoms with E-state index in [1.807, 2.05) is 0 Å². The van der Waals surface area contributed by atoms with Crippen molar-refractivity contribution in [2.45, 2.75) is 0 Å². The summed E-state index contributed by atoms with van der Waals surface area (Å²) in [5.74, 6) is 0. The Morgan fingerprint density at radius 1 is 0.458 bits per heavy atom. The summed E-state index contributed by atoms with van der Waals surface area (Å²) in [7, 11) is 0. The van der Waals surface area contributed by atoms with E-state index in [1.54, 1.807) is 0 Å². The number of hydrogen-bond acceptors (Lipinski definition) is 12. The van der Waals surface area contributed by atoms with E-state index in [0.717, 1.165) is 0 Å². The molecule has 0 radical (unpaired) electrons. The Balaban J connectivity index is 2.21. The largest absolute Gasteiger partial charge is 0.318 e. The molecule has 0 fully saturated rings. The molecule has 24 heavy (non-hydrogen) atoms. The lowest BCUT2D eigenvalue weighted by atomic mass is 10.0. The van der Waals surface area contributed by atoms with Crippen LogP contribution in [-0.4, -0.2) is 51.2 Å². The number of aromatic nitrogens is 10. The maximum atomic E-state index is 12.2. The summed E-state index contributed by atoms with van der Waals surface area (Å²) >= 11 is 0. The van der Waals surface area contributed by atoms with Crippen LogP contribution in [0.25, 0.3) is 54.8 Å². The van der Waals surface area contributed by atoms with Crippen molar-refractivity contribution in [2.75, 3.05) is 0 Å². The summed E-state index contributed by atoms with van der Waals surface area (Å²) in [5, 5.41) is 35.8. The molecular weight excluding hydrogens is 316 g/mol. The van der Waals surface area contributed by atoms with Crippen molar-refractivity contribution in [3.05, 3.63) is 20.6 Å². The predicted octanol–water partition coefficient (Wildman–Crippen LogP) is -1.56. The zero-order valence-electron chi connectivity index (χ0n) is 11.3. The monoisotopic (exact) mass is 316 g/mol. The van der Waals surface area contributed by atoms with Crippen molar-refractivity contribution in [3.63, 3.8) is 0 Å². The standard InChI is InChI=1S/C12N10O2/c23-11-3-4-1-2-6(5(3)13-12(11)24)15-21-17-8(2)10-9(18-22-19-10)7(1)16-20-14-4. The van der Waals surface area contributed by atoms with Gasteiger partial charge in [0.15, 0.2) is 0 Å². The predicted molar refractivity (Wildman–Crippen MR) is 78.0 cm³/mol. The van der Waals surface area contributed by atoms with Crippen LogP contribution in [0.3, 0.4) is 0 Å². The van der Waals surface area contributed by atoms with Gasteiger partial charge in [-0.1, -0.05) is 0 Å². The number of benzene rings is 2. The molecule has 0 saturated heterocycles. The molecule has 0 unspecified atom stereocenters. The van der Waals surface area contributed by atoms with Gasteiger partial charge >= 0.3 is 5.56 Å². The second-order valence-electron chi connectivity index (χ2n) is 5.18. The van der Waals surface area contributed by atoms with Crippen LogP contribution >= 0.6 is 0 Å². The second-order valence-corrected chi connectivity index (χ2v) is 5.18. The normalized spacial score (nSPS) is 12.5. The zero-order chi connectivity index (χ0) is 16.0. The van der Waals surface area contributed by atoms with Gasteiger partial charge in [-0.3, -0.25) is 9.59 Å². The molecule has 4 aromatic heterocycles. The molecule has 12 nitrogen and oxygen atoms in total. The van der Waals surface area contributed by atoms with Gasteiger partial charge in [-0.15, -0.1) is 30.6 Å². The maximum Gasteiger partial charge on any atom is 0.318 e. The molecule has 0 amide bonds. The van der Waals surface area contributed by atoms with E-state index < -0.39 is 11.0 Å². The van der Waals surface area contributed by atoms with Crippen LogP contribution in [0.4, 0.5) is 0 Å². The van der Waals surface area contributed by atoms with Crippen molar-refractivity contribution in [1.29, 1.82) is 0 Å². The molecule has 4 heterocycles. The van der Waals surface area contributed by atoms with Gasteiger partial charge in [0.2, 0.25) is 0 Å². The third-order valence-electron chi connectivity index (χ3n) is 4.07. The second kappa shape index (κ2) is 3.51. The number of hydrogen-bond donors (Lipinski definition) is 0. The molecule has 110 valence electrons. The first kappa shape index (κ1) is 11.6. The molecule has 0 atom stereocenters. The molecule has 0 bridgehead atoms. The fourth-order valence-corrected chi connectivity index (χ4v) is 3.13. The number of fused-ring (bicyclic) bond motifs is 6. The molecule has 2 aromatic carbocycles. The van der Waals surface area contributed by atoms with Gasteiger partial charge in [-0.05, 0) is 15.6 Å². The molecule has 12 heteroatoms. The van der Waals surface area contributed by atoms with E-state index in [9.17, 15) is 9.59 Å². The van der Waals surface area contributed by atoms with Gasteiger partial charge in [0, 0.05) is 10.8 Å². The molecule has 0 saturated carbocycles. The highest BCUT2D eigenvalue weighted by atomic mass is 16.2.